The summed E-state index contributed by atoms with van der Waals surface area (Å²) in [5.74, 6) is 0. The zero-order valence-electron chi connectivity index (χ0n) is 15.4. The van der Waals surface area contributed by atoms with Crippen molar-refractivity contribution < 1.29 is 10.3 Å². The zero-order chi connectivity index (χ0) is 17.6. The van der Waals surface area contributed by atoms with Gasteiger partial charge < -0.3 is 5.21 Å². The van der Waals surface area contributed by atoms with E-state index in [9.17, 15) is 0 Å². The Balaban J connectivity index is 0.000000980. The Morgan fingerprint density at radius 3 is 1.73 bits per heavy atom. The van der Waals surface area contributed by atoms with Crippen molar-refractivity contribution in [3.63, 3.8) is 0 Å². The van der Waals surface area contributed by atoms with Gasteiger partial charge in [-0.3, -0.25) is 9.80 Å². The van der Waals surface area contributed by atoms with E-state index >= 15 is 0 Å². The minimum Gasteiger partial charge on any atom is -0.328 e. The summed E-state index contributed by atoms with van der Waals surface area (Å²) in [4.78, 5) is 13.9. The van der Waals surface area contributed by atoms with E-state index in [1.807, 2.05) is 0 Å². The molecule has 1 aliphatic heterocycles. The molecule has 6 nitrogen and oxygen atoms in total. The summed E-state index contributed by atoms with van der Waals surface area (Å²) < 4.78 is 0. The van der Waals surface area contributed by atoms with Crippen molar-refractivity contribution in [2.45, 2.75) is 91.4 Å². The molecule has 0 aliphatic carbocycles. The van der Waals surface area contributed by atoms with Gasteiger partial charge in [-0.2, -0.15) is 0 Å². The monoisotopic (exact) mass is 317 g/mol. The molecule has 6 heteroatoms. The van der Waals surface area contributed by atoms with Crippen molar-refractivity contribution >= 4 is 0 Å². The van der Waals surface area contributed by atoms with Crippen LogP contribution in [0.1, 0.15) is 74.1 Å². The Hall–Kier alpha value is -0.880. The fourth-order valence-corrected chi connectivity index (χ4v) is 4.75. The van der Waals surface area contributed by atoms with E-state index in [4.69, 9.17) is 15.3 Å². The average Bonchev–Trinajstić information content (AvgIpc) is 2.70. The summed E-state index contributed by atoms with van der Waals surface area (Å²) in [7, 11) is 0. The van der Waals surface area contributed by atoms with Crippen LogP contribution in [-0.2, 0) is 0 Å². The Bertz CT molecular complexity index is 344. The molecule has 0 aromatic rings. The second-order valence-corrected chi connectivity index (χ2v) is 6.07. The van der Waals surface area contributed by atoms with Crippen LogP contribution in [0.5, 0.6) is 0 Å². The first-order chi connectivity index (χ1) is 10.2. The first-order valence-corrected chi connectivity index (χ1v) is 8.63. The van der Waals surface area contributed by atoms with Gasteiger partial charge in [-0.1, -0.05) is 41.5 Å². The molecule has 1 heterocycles. The number of nitrogens with zero attached hydrogens (tertiary/aromatic N) is 3. The van der Waals surface area contributed by atoms with Crippen LogP contribution in [0.3, 0.4) is 0 Å². The highest BCUT2D eigenvalue weighted by Gasteiger charge is 2.58. The second kappa shape index (κ2) is 8.67. The van der Waals surface area contributed by atoms with Crippen LogP contribution < -0.4 is 0 Å². The second-order valence-electron chi connectivity index (χ2n) is 6.07. The van der Waals surface area contributed by atoms with Gasteiger partial charge in [0.25, 0.3) is 5.09 Å². The van der Waals surface area contributed by atoms with Crippen LogP contribution in [0.15, 0.2) is 0 Å². The van der Waals surface area contributed by atoms with E-state index < -0.39 is 5.09 Å². The Labute approximate surface area is 135 Å². The predicted octanol–water partition coefficient (Wildman–Crippen LogP) is 3.76. The maximum Gasteiger partial charge on any atom is 0.291 e. The van der Waals surface area contributed by atoms with Gasteiger partial charge in [0.15, 0.2) is 0 Å². The molecule has 0 amide bonds. The largest absolute Gasteiger partial charge is 0.328 e. The summed E-state index contributed by atoms with van der Waals surface area (Å²) in [6.07, 6.45) is 5.01. The van der Waals surface area contributed by atoms with Gasteiger partial charge >= 0.3 is 0 Å². The molecule has 0 saturated carbocycles. The molecule has 1 fully saturated rings. The molecular formula is C16H35N3O3. The average molecular weight is 317 g/mol. The smallest absolute Gasteiger partial charge is 0.291 e. The molecule has 0 bridgehead atoms. The summed E-state index contributed by atoms with van der Waals surface area (Å²) in [5.41, 5.74) is 0.625. The van der Waals surface area contributed by atoms with Gasteiger partial charge in [0.2, 0.25) is 0 Å². The molecule has 0 spiro atoms. The van der Waals surface area contributed by atoms with Gasteiger partial charge in [0.1, 0.15) is 0 Å². The summed E-state index contributed by atoms with van der Waals surface area (Å²) >= 11 is 0. The topological polar surface area (TPSA) is 69.9 Å². The fourth-order valence-electron chi connectivity index (χ4n) is 4.75. The predicted molar refractivity (Wildman–Crippen MR) is 89.6 cm³/mol. The van der Waals surface area contributed by atoms with Crippen LogP contribution in [0.2, 0.25) is 0 Å². The molecule has 22 heavy (non-hydrogen) atoms. The molecular weight excluding hydrogens is 282 g/mol. The van der Waals surface area contributed by atoms with Crippen molar-refractivity contribution in [2.24, 2.45) is 0 Å². The Morgan fingerprint density at radius 1 is 1.05 bits per heavy atom. The van der Waals surface area contributed by atoms with Gasteiger partial charge in [0.05, 0.1) is 5.66 Å². The Kier molecular flexibility index (Phi) is 8.33. The van der Waals surface area contributed by atoms with E-state index in [2.05, 4.69) is 58.3 Å². The number of hydrogen-bond donors (Lipinski definition) is 1. The molecule has 1 N–H and O–H groups in total. The van der Waals surface area contributed by atoms with Gasteiger partial charge in [-0.25, -0.2) is 0 Å². The number of likely N-dealkylation sites (N-methyl/N-ethyl adjacent to an activating group) is 2. The quantitative estimate of drug-likeness (QED) is 0.596. The molecule has 2 atom stereocenters. The lowest BCUT2D eigenvalue weighted by atomic mass is 9.82. The maximum atomic E-state index is 8.36. The number of rotatable bonds is 6. The molecule has 0 radical (unpaired) electrons. The highest BCUT2D eigenvalue weighted by molar-refractivity contribution is 5.12. The minimum absolute atomic E-state index is 0.246. The maximum absolute atomic E-state index is 8.36. The van der Waals surface area contributed by atoms with Crippen LogP contribution in [-0.4, -0.2) is 50.4 Å². The molecule has 2 unspecified atom stereocenters. The highest BCUT2D eigenvalue weighted by atomic mass is 16.9. The Morgan fingerprint density at radius 2 is 1.50 bits per heavy atom. The van der Waals surface area contributed by atoms with Crippen LogP contribution >= 0.6 is 0 Å². The lowest BCUT2D eigenvalue weighted by Crippen LogP contribution is -2.55. The zero-order valence-corrected chi connectivity index (χ0v) is 15.4. The van der Waals surface area contributed by atoms with Crippen molar-refractivity contribution in [2.75, 3.05) is 13.1 Å². The molecule has 132 valence electrons. The van der Waals surface area contributed by atoms with Crippen molar-refractivity contribution in [3.8, 4) is 0 Å². The van der Waals surface area contributed by atoms with Crippen molar-refractivity contribution in [1.82, 2.24) is 9.80 Å². The molecule has 1 saturated heterocycles. The molecule has 1 rings (SSSR count). The van der Waals surface area contributed by atoms with Crippen LogP contribution in [0.4, 0.5) is 0 Å². The van der Waals surface area contributed by atoms with Crippen molar-refractivity contribution in [3.05, 3.63) is 10.1 Å². The van der Waals surface area contributed by atoms with E-state index in [0.29, 0.717) is 11.6 Å². The summed E-state index contributed by atoms with van der Waals surface area (Å²) in [6.45, 7) is 18.9. The lowest BCUT2D eigenvalue weighted by Gasteiger charge is -2.45. The van der Waals surface area contributed by atoms with Gasteiger partial charge in [0, 0.05) is 11.6 Å². The van der Waals surface area contributed by atoms with Crippen LogP contribution in [0.25, 0.3) is 0 Å². The lowest BCUT2D eigenvalue weighted by molar-refractivity contribution is -0.742. The van der Waals surface area contributed by atoms with Gasteiger partial charge in [-0.05, 0) is 45.7 Å². The van der Waals surface area contributed by atoms with Crippen LogP contribution in [0, 0.1) is 10.1 Å². The third-order valence-corrected chi connectivity index (χ3v) is 5.67. The van der Waals surface area contributed by atoms with E-state index in [1.165, 1.54) is 38.8 Å². The van der Waals surface area contributed by atoms with Crippen molar-refractivity contribution in [1.29, 1.82) is 0 Å². The molecule has 1 aliphatic rings. The van der Waals surface area contributed by atoms with E-state index in [-0.39, 0.29) is 5.66 Å². The standard InChI is InChI=1S/C16H34N2.HNO3/c1-8-14-16(10-3,11-4)18(13-6)15(7,9-2)17(14)12-5;2-1(3)4/h14H,8-13H2,1-7H3;(H,2,3,4). The first-order valence-electron chi connectivity index (χ1n) is 8.63. The third kappa shape index (κ3) is 3.54. The molecule has 0 aromatic carbocycles. The summed E-state index contributed by atoms with van der Waals surface area (Å²) in [6, 6.07) is 0.711. The molecule has 0 aromatic heterocycles. The SMILES string of the molecule is CCC1N(CC)C(C)(CC)N(CC)C1(CC)CC.O=[N+]([O-])O. The highest BCUT2D eigenvalue weighted by Crippen LogP contribution is 2.48. The fraction of sp³-hybridized carbons (Fsp3) is 1.00. The first kappa shape index (κ1) is 21.1. The van der Waals surface area contributed by atoms with Gasteiger partial charge in [-0.15, -0.1) is 10.1 Å². The number of hydrogen-bond acceptors (Lipinski definition) is 4. The third-order valence-electron chi connectivity index (χ3n) is 5.67. The normalized spacial score (nSPS) is 28.2. The minimum atomic E-state index is -1.50. The summed E-state index contributed by atoms with van der Waals surface area (Å²) in [5, 5.41) is 13.6. The van der Waals surface area contributed by atoms with E-state index in [1.54, 1.807) is 0 Å². The van der Waals surface area contributed by atoms with E-state index in [0.717, 1.165) is 0 Å².